The fourth-order valence-corrected chi connectivity index (χ4v) is 1.91. The fraction of sp³-hybridized carbons (Fsp3) is 0.900. The summed E-state index contributed by atoms with van der Waals surface area (Å²) in [5, 5.41) is 9.09. The number of carbonyl (C=O) groups is 1. The predicted octanol–water partition coefficient (Wildman–Crippen LogP) is -0.668. The van der Waals surface area contributed by atoms with Crippen LogP contribution in [0.3, 0.4) is 0 Å². The first-order valence-corrected chi connectivity index (χ1v) is 5.18. The van der Waals surface area contributed by atoms with Gasteiger partial charge in [-0.3, -0.25) is 9.69 Å². The molecule has 0 aromatic heterocycles. The first kappa shape index (κ1) is 12.4. The van der Waals surface area contributed by atoms with Crippen molar-refractivity contribution < 1.29 is 14.6 Å². The summed E-state index contributed by atoms with van der Waals surface area (Å²) in [5.41, 5.74) is 4.91. The van der Waals surface area contributed by atoms with Crippen molar-refractivity contribution in [2.75, 3.05) is 19.7 Å². The van der Waals surface area contributed by atoms with Crippen molar-refractivity contribution in [2.24, 2.45) is 5.73 Å². The minimum Gasteiger partial charge on any atom is -0.394 e. The zero-order chi connectivity index (χ0) is 11.6. The van der Waals surface area contributed by atoms with Crippen LogP contribution in [-0.4, -0.2) is 53.4 Å². The molecule has 0 saturated carbocycles. The van der Waals surface area contributed by atoms with Crippen molar-refractivity contribution in [3.05, 3.63) is 0 Å². The lowest BCUT2D eigenvalue weighted by Crippen LogP contribution is -2.58. The Morgan fingerprint density at radius 2 is 2.33 bits per heavy atom. The van der Waals surface area contributed by atoms with Crippen LogP contribution in [-0.2, 0) is 9.53 Å². The number of carbonyl (C=O) groups excluding carboxylic acids is 1. The van der Waals surface area contributed by atoms with Gasteiger partial charge < -0.3 is 15.6 Å². The van der Waals surface area contributed by atoms with Crippen LogP contribution >= 0.6 is 0 Å². The molecule has 1 saturated heterocycles. The van der Waals surface area contributed by atoms with E-state index in [4.69, 9.17) is 15.6 Å². The molecular weight excluding hydrogens is 196 g/mol. The first-order valence-electron chi connectivity index (χ1n) is 5.18. The van der Waals surface area contributed by atoms with E-state index < -0.39 is 0 Å². The maximum absolute atomic E-state index is 11.1. The Balaban J connectivity index is 2.69. The molecule has 1 aliphatic rings. The van der Waals surface area contributed by atoms with Gasteiger partial charge in [0, 0.05) is 13.1 Å². The lowest BCUT2D eigenvalue weighted by atomic mass is 10.0. The second-order valence-corrected chi connectivity index (χ2v) is 4.69. The molecule has 5 nitrogen and oxygen atoms in total. The third kappa shape index (κ3) is 3.15. The fourth-order valence-electron chi connectivity index (χ4n) is 1.91. The van der Waals surface area contributed by atoms with Gasteiger partial charge in [0.15, 0.2) is 0 Å². The first-order chi connectivity index (χ1) is 6.85. The topological polar surface area (TPSA) is 75.8 Å². The van der Waals surface area contributed by atoms with Crippen LogP contribution in [0.2, 0.25) is 0 Å². The van der Waals surface area contributed by atoms with E-state index in [9.17, 15) is 4.79 Å². The summed E-state index contributed by atoms with van der Waals surface area (Å²) in [6.45, 7) is 6.81. The van der Waals surface area contributed by atoms with E-state index in [1.165, 1.54) is 0 Å². The number of amides is 1. The third-order valence-corrected chi connectivity index (χ3v) is 2.67. The van der Waals surface area contributed by atoms with E-state index >= 15 is 0 Å². The maximum atomic E-state index is 11.1. The Hall–Kier alpha value is -0.650. The molecule has 0 bridgehead atoms. The predicted molar refractivity (Wildman–Crippen MR) is 56.3 cm³/mol. The lowest BCUT2D eigenvalue weighted by molar-refractivity contribution is -0.160. The molecule has 0 aromatic rings. The Morgan fingerprint density at radius 3 is 2.80 bits per heavy atom. The van der Waals surface area contributed by atoms with Crippen molar-refractivity contribution in [1.29, 1.82) is 0 Å². The molecule has 0 aliphatic carbocycles. The van der Waals surface area contributed by atoms with Gasteiger partial charge >= 0.3 is 0 Å². The second-order valence-electron chi connectivity index (χ2n) is 4.69. The molecule has 0 spiro atoms. The van der Waals surface area contributed by atoms with Gasteiger partial charge in [0.25, 0.3) is 0 Å². The van der Waals surface area contributed by atoms with E-state index in [1.54, 1.807) is 6.92 Å². The van der Waals surface area contributed by atoms with Crippen molar-refractivity contribution in [3.8, 4) is 0 Å². The van der Waals surface area contributed by atoms with Gasteiger partial charge in [0.2, 0.25) is 5.91 Å². The zero-order valence-corrected chi connectivity index (χ0v) is 9.56. The van der Waals surface area contributed by atoms with Crippen LogP contribution in [0.4, 0.5) is 0 Å². The van der Waals surface area contributed by atoms with Crippen LogP contribution in [0.5, 0.6) is 0 Å². The molecule has 15 heavy (non-hydrogen) atoms. The highest BCUT2D eigenvalue weighted by Gasteiger charge is 2.36. The summed E-state index contributed by atoms with van der Waals surface area (Å²) in [4.78, 5) is 13.0. The molecule has 2 atom stereocenters. The number of nitrogens with two attached hydrogens (primary N) is 1. The highest BCUT2D eigenvalue weighted by atomic mass is 16.5. The molecule has 1 rings (SSSR count). The average Bonchev–Trinajstić information content (AvgIpc) is 2.13. The molecule has 1 fully saturated rings. The largest absolute Gasteiger partial charge is 0.394 e. The molecule has 3 N–H and O–H groups in total. The monoisotopic (exact) mass is 216 g/mol. The van der Waals surface area contributed by atoms with Gasteiger partial charge in [-0.25, -0.2) is 0 Å². The van der Waals surface area contributed by atoms with Gasteiger partial charge in [0.05, 0.1) is 24.4 Å². The number of primary amides is 1. The Kier molecular flexibility index (Phi) is 3.70. The Labute approximate surface area is 90.2 Å². The van der Waals surface area contributed by atoms with Crippen LogP contribution in [0.25, 0.3) is 0 Å². The second kappa shape index (κ2) is 4.47. The van der Waals surface area contributed by atoms with Crippen LogP contribution in [0, 0.1) is 0 Å². The smallest absolute Gasteiger partial charge is 0.234 e. The minimum atomic E-state index is -0.352. The number of morpholine rings is 1. The van der Waals surface area contributed by atoms with Crippen LogP contribution < -0.4 is 5.73 Å². The van der Waals surface area contributed by atoms with E-state index in [0.717, 1.165) is 0 Å². The highest BCUT2D eigenvalue weighted by molar-refractivity contribution is 5.79. The quantitative estimate of drug-likeness (QED) is 0.656. The molecule has 2 unspecified atom stereocenters. The van der Waals surface area contributed by atoms with Gasteiger partial charge in [0.1, 0.15) is 0 Å². The lowest BCUT2D eigenvalue weighted by Gasteiger charge is -2.44. The van der Waals surface area contributed by atoms with Crippen LogP contribution in [0.1, 0.15) is 20.8 Å². The van der Waals surface area contributed by atoms with Gasteiger partial charge in [-0.1, -0.05) is 0 Å². The van der Waals surface area contributed by atoms with E-state index in [2.05, 4.69) is 0 Å². The molecule has 0 aromatic carbocycles. The molecule has 0 radical (unpaired) electrons. The summed E-state index contributed by atoms with van der Waals surface area (Å²) in [7, 11) is 0. The van der Waals surface area contributed by atoms with Crippen molar-refractivity contribution in [3.63, 3.8) is 0 Å². The SMILES string of the molecule is CC(C(N)=O)N1CC(CO)OC(C)(C)C1. The number of ether oxygens (including phenoxy) is 1. The summed E-state index contributed by atoms with van der Waals surface area (Å²) in [6.07, 6.45) is -0.240. The molecule has 1 amide bonds. The molecule has 88 valence electrons. The van der Waals surface area contributed by atoms with Crippen molar-refractivity contribution >= 4 is 5.91 Å². The van der Waals surface area contributed by atoms with E-state index in [0.29, 0.717) is 13.1 Å². The Bertz CT molecular complexity index is 243. The number of aliphatic hydroxyl groups excluding tert-OH is 1. The van der Waals surface area contributed by atoms with Gasteiger partial charge in [-0.2, -0.15) is 0 Å². The Morgan fingerprint density at radius 1 is 1.73 bits per heavy atom. The summed E-state index contributed by atoms with van der Waals surface area (Å²) in [5.74, 6) is -0.343. The minimum absolute atomic E-state index is 0.0363. The number of hydrogen-bond donors (Lipinski definition) is 2. The van der Waals surface area contributed by atoms with Gasteiger partial charge in [-0.05, 0) is 20.8 Å². The summed E-state index contributed by atoms with van der Waals surface area (Å²) < 4.78 is 5.64. The summed E-state index contributed by atoms with van der Waals surface area (Å²) in [6, 6.07) is -0.317. The van der Waals surface area contributed by atoms with Gasteiger partial charge in [-0.15, -0.1) is 0 Å². The molecule has 5 heteroatoms. The number of nitrogens with zero attached hydrogens (tertiary/aromatic N) is 1. The molecule has 1 heterocycles. The van der Waals surface area contributed by atoms with E-state index in [-0.39, 0.29) is 30.3 Å². The van der Waals surface area contributed by atoms with E-state index in [1.807, 2.05) is 18.7 Å². The van der Waals surface area contributed by atoms with Crippen LogP contribution in [0.15, 0.2) is 0 Å². The number of hydrogen-bond acceptors (Lipinski definition) is 4. The highest BCUT2D eigenvalue weighted by Crippen LogP contribution is 2.22. The van der Waals surface area contributed by atoms with Crippen molar-refractivity contribution in [1.82, 2.24) is 4.90 Å². The molecule has 1 aliphatic heterocycles. The normalized spacial score (nSPS) is 28.7. The number of rotatable bonds is 3. The summed E-state index contributed by atoms with van der Waals surface area (Å²) >= 11 is 0. The zero-order valence-electron chi connectivity index (χ0n) is 9.56. The number of aliphatic hydroxyl groups is 1. The average molecular weight is 216 g/mol. The molecular formula is C10H20N2O3. The maximum Gasteiger partial charge on any atom is 0.234 e. The van der Waals surface area contributed by atoms with Crippen molar-refractivity contribution in [2.45, 2.75) is 38.5 Å². The third-order valence-electron chi connectivity index (χ3n) is 2.67. The standard InChI is InChI=1S/C10H20N2O3/c1-7(9(11)14)12-4-8(5-13)15-10(2,3)6-12/h7-8,13H,4-6H2,1-3H3,(H2,11,14).